The fraction of sp³-hybridized carbons (Fsp3) is 0.773. The van der Waals surface area contributed by atoms with Gasteiger partial charge in [-0.15, -0.1) is 6.58 Å². The number of ether oxygens (including phenoxy) is 5. The van der Waals surface area contributed by atoms with E-state index in [1.54, 1.807) is 27.0 Å². The highest BCUT2D eigenvalue weighted by molar-refractivity contribution is 6.39. The topological polar surface area (TPSA) is 178 Å². The second-order valence-corrected chi connectivity index (χ2v) is 17.3. The summed E-state index contributed by atoms with van der Waals surface area (Å²) < 4.78 is 29.7. The zero-order valence-corrected chi connectivity index (χ0v) is 35.4. The Morgan fingerprint density at radius 2 is 1.61 bits per heavy atom. The molecule has 13 heteroatoms. The molecule has 3 N–H and O–H groups in total. The second kappa shape index (κ2) is 21.0. The SMILES string of the molecule is C=CC[C@@H]1/C=C(\C)C[C@H](C)C[C@H](OC)[C@H]2O[C@@](O)(C(=O)C(=O)N3CCCCC3C(=O)O[C@H](/C(C)=C/[C@@H]3CC[C@@H](O)[C@H](OC)C3)[C@H](C)[C@@H](O)CC1=O)[C@H](C)C[C@@H]2OC.[HH]. The van der Waals surface area contributed by atoms with Gasteiger partial charge in [0.1, 0.15) is 24.0 Å². The number of carbonyl (C=O) groups is 4. The Labute approximate surface area is 340 Å². The van der Waals surface area contributed by atoms with Gasteiger partial charge in [-0.3, -0.25) is 14.4 Å². The van der Waals surface area contributed by atoms with E-state index in [1.807, 2.05) is 32.9 Å². The third-order valence-corrected chi connectivity index (χ3v) is 12.9. The lowest BCUT2D eigenvalue weighted by atomic mass is 9.81. The average Bonchev–Trinajstić information content (AvgIpc) is 3.18. The number of aliphatic hydroxyl groups excluding tert-OH is 2. The molecule has 14 atom stereocenters. The molecule has 0 spiro atoms. The van der Waals surface area contributed by atoms with Crippen LogP contribution in [0.15, 0.2) is 36.0 Å². The first-order valence-electron chi connectivity index (χ1n) is 20.9. The van der Waals surface area contributed by atoms with Gasteiger partial charge in [0.25, 0.3) is 11.7 Å². The molecule has 2 bridgehead atoms. The fourth-order valence-electron chi connectivity index (χ4n) is 9.42. The molecule has 324 valence electrons. The lowest BCUT2D eigenvalue weighted by molar-refractivity contribution is -0.302. The maximum atomic E-state index is 14.3. The van der Waals surface area contributed by atoms with E-state index in [9.17, 15) is 34.5 Å². The van der Waals surface area contributed by atoms with Crippen molar-refractivity contribution in [1.82, 2.24) is 4.90 Å². The minimum Gasteiger partial charge on any atom is -0.456 e. The van der Waals surface area contributed by atoms with Crippen LogP contribution in [-0.4, -0.2) is 126 Å². The van der Waals surface area contributed by atoms with Crippen molar-refractivity contribution in [1.29, 1.82) is 0 Å². The number of cyclic esters (lactones) is 1. The number of methoxy groups -OCH3 is 3. The molecule has 2 saturated heterocycles. The highest BCUT2D eigenvalue weighted by atomic mass is 16.7. The van der Waals surface area contributed by atoms with Crippen molar-refractivity contribution in [3.8, 4) is 0 Å². The van der Waals surface area contributed by atoms with E-state index in [4.69, 9.17) is 23.7 Å². The Hall–Kier alpha value is -2.78. The van der Waals surface area contributed by atoms with Crippen molar-refractivity contribution < 1.29 is 59.6 Å². The Morgan fingerprint density at radius 3 is 2.26 bits per heavy atom. The Kier molecular flexibility index (Phi) is 17.2. The summed E-state index contributed by atoms with van der Waals surface area (Å²) in [7, 11) is 4.61. The van der Waals surface area contributed by atoms with Crippen molar-refractivity contribution in [2.45, 2.75) is 160 Å². The quantitative estimate of drug-likeness (QED) is 0.181. The molecule has 0 aromatic rings. The van der Waals surface area contributed by atoms with Crippen molar-refractivity contribution in [2.75, 3.05) is 27.9 Å². The van der Waals surface area contributed by atoms with Gasteiger partial charge in [-0.25, -0.2) is 4.79 Å². The van der Waals surface area contributed by atoms with Gasteiger partial charge in [0.2, 0.25) is 5.79 Å². The predicted molar refractivity (Wildman–Crippen MR) is 215 cm³/mol. The molecule has 0 aromatic heterocycles. The number of ketones is 2. The number of fused-ring (bicyclic) bond motifs is 3. The van der Waals surface area contributed by atoms with E-state index >= 15 is 0 Å². The van der Waals surface area contributed by atoms with Gasteiger partial charge in [-0.1, -0.05) is 44.6 Å². The van der Waals surface area contributed by atoms with Gasteiger partial charge in [0, 0.05) is 53.5 Å². The average molecular weight is 806 g/mol. The van der Waals surface area contributed by atoms with Crippen LogP contribution in [0.25, 0.3) is 0 Å². The molecular formula is C44H71NO12. The van der Waals surface area contributed by atoms with E-state index < -0.39 is 83.9 Å². The molecule has 1 unspecified atom stereocenters. The van der Waals surface area contributed by atoms with Gasteiger partial charge in [0.15, 0.2) is 0 Å². The van der Waals surface area contributed by atoms with E-state index in [-0.39, 0.29) is 51.0 Å². The number of esters is 1. The predicted octanol–water partition coefficient (Wildman–Crippen LogP) is 4.89. The standard InChI is InChI=1S/C44H69NO12.H2/c1-10-13-31-19-25(2)18-26(3)20-37(54-8)40-38(55-9)22-28(5)44(52,57-40)41(49)42(50)45-17-12-11-14-32(45)43(51)56-39(29(6)34(47)24-35(31)48)27(4)21-30-15-16-33(46)36(23-30)53-7;/h10,19,21,26,28-34,36-40,46-47,52H,1,11-18,20,22-24H2,2-9H3;1H/b25-19+,27-21+;/t26-,28+,29+,30-,31+,32?,33+,34-,36+,37-,38-,39+,40+,44+;/m0./s1. The molecule has 0 aromatic carbocycles. The van der Waals surface area contributed by atoms with Crippen LogP contribution in [0.1, 0.15) is 107 Å². The van der Waals surface area contributed by atoms with E-state index in [1.165, 1.54) is 19.1 Å². The monoisotopic (exact) mass is 805 g/mol. The van der Waals surface area contributed by atoms with E-state index in [2.05, 4.69) is 6.58 Å². The molecule has 0 radical (unpaired) electrons. The molecule has 1 aliphatic carbocycles. The number of piperidine rings is 1. The second-order valence-electron chi connectivity index (χ2n) is 17.3. The molecule has 1 amide bonds. The lowest BCUT2D eigenvalue weighted by Gasteiger charge is -2.47. The van der Waals surface area contributed by atoms with Crippen LogP contribution in [0.5, 0.6) is 0 Å². The van der Waals surface area contributed by atoms with Crippen LogP contribution in [0.4, 0.5) is 0 Å². The zero-order valence-electron chi connectivity index (χ0n) is 35.4. The number of nitrogens with zero attached hydrogens (tertiary/aromatic N) is 1. The smallest absolute Gasteiger partial charge is 0.329 e. The Morgan fingerprint density at radius 1 is 0.947 bits per heavy atom. The fourth-order valence-corrected chi connectivity index (χ4v) is 9.42. The molecule has 3 heterocycles. The minimum absolute atomic E-state index is 0. The van der Waals surface area contributed by atoms with E-state index in [0.717, 1.165) is 5.57 Å². The zero-order chi connectivity index (χ0) is 42.2. The molecular weight excluding hydrogens is 734 g/mol. The van der Waals surface area contributed by atoms with Crippen LogP contribution < -0.4 is 0 Å². The van der Waals surface area contributed by atoms with Crippen molar-refractivity contribution in [2.24, 2.45) is 29.6 Å². The Balaban J connectivity index is 0.00000900. The largest absolute Gasteiger partial charge is 0.456 e. The Bertz CT molecular complexity index is 1490. The third-order valence-electron chi connectivity index (χ3n) is 12.9. The van der Waals surface area contributed by atoms with Crippen molar-refractivity contribution in [3.63, 3.8) is 0 Å². The summed E-state index contributed by atoms with van der Waals surface area (Å²) in [6.07, 6.45) is 4.93. The van der Waals surface area contributed by atoms with Gasteiger partial charge in [-0.05, 0) is 95.5 Å². The van der Waals surface area contributed by atoms with Crippen LogP contribution in [-0.2, 0) is 42.9 Å². The summed E-state index contributed by atoms with van der Waals surface area (Å²) in [6.45, 7) is 13.1. The van der Waals surface area contributed by atoms with Crippen LogP contribution in [0, 0.1) is 29.6 Å². The summed E-state index contributed by atoms with van der Waals surface area (Å²) in [4.78, 5) is 57.8. The minimum atomic E-state index is -2.51. The molecule has 4 rings (SSSR count). The van der Waals surface area contributed by atoms with Gasteiger partial charge < -0.3 is 43.9 Å². The third kappa shape index (κ3) is 11.3. The number of hydrogen-bond acceptors (Lipinski definition) is 12. The molecule has 3 fully saturated rings. The molecule has 13 nitrogen and oxygen atoms in total. The number of hydrogen-bond donors (Lipinski definition) is 3. The van der Waals surface area contributed by atoms with E-state index in [0.29, 0.717) is 56.9 Å². The first-order chi connectivity index (χ1) is 27.0. The summed E-state index contributed by atoms with van der Waals surface area (Å²) >= 11 is 0. The molecule has 3 aliphatic heterocycles. The number of amides is 1. The van der Waals surface area contributed by atoms with Gasteiger partial charge in [0.05, 0.1) is 30.5 Å². The normalized spacial score (nSPS) is 41.0. The van der Waals surface area contributed by atoms with Crippen LogP contribution >= 0.6 is 0 Å². The number of rotatable bonds is 7. The summed E-state index contributed by atoms with van der Waals surface area (Å²) in [5.41, 5.74) is 1.61. The van der Waals surface area contributed by atoms with Crippen LogP contribution in [0.2, 0.25) is 0 Å². The maximum Gasteiger partial charge on any atom is 0.329 e. The maximum absolute atomic E-state index is 14.3. The summed E-state index contributed by atoms with van der Waals surface area (Å²) in [5, 5.41) is 34.1. The van der Waals surface area contributed by atoms with Crippen molar-refractivity contribution in [3.05, 3.63) is 36.0 Å². The van der Waals surface area contributed by atoms with Gasteiger partial charge >= 0.3 is 5.97 Å². The first-order valence-corrected chi connectivity index (χ1v) is 20.9. The number of carbonyl (C=O) groups excluding carboxylic acids is 4. The van der Waals surface area contributed by atoms with Crippen molar-refractivity contribution >= 4 is 23.4 Å². The molecule has 4 aliphatic rings. The first kappa shape index (κ1) is 46.9. The van der Waals surface area contributed by atoms with Crippen LogP contribution in [0.3, 0.4) is 0 Å². The lowest BCUT2D eigenvalue weighted by Crippen LogP contribution is -2.64. The summed E-state index contributed by atoms with van der Waals surface area (Å²) in [5.74, 6) is -7.76. The number of Topliss-reactive ketones (excluding diaryl/α,β-unsaturated/α-hetero) is 2. The van der Waals surface area contributed by atoms with Gasteiger partial charge in [-0.2, -0.15) is 0 Å². The highest BCUT2D eigenvalue weighted by Crippen LogP contribution is 2.39. The molecule has 1 saturated carbocycles. The summed E-state index contributed by atoms with van der Waals surface area (Å²) in [6, 6.07) is -1.14. The highest BCUT2D eigenvalue weighted by Gasteiger charge is 2.56. The number of aliphatic hydroxyl groups is 3. The number of allylic oxidation sites excluding steroid dienone is 4. The molecule has 57 heavy (non-hydrogen) atoms.